The quantitative estimate of drug-likeness (QED) is 0.409. The Hall–Kier alpha value is -4.20. The molecule has 0 amide bonds. The molecule has 0 bridgehead atoms. The van der Waals surface area contributed by atoms with Gasteiger partial charge in [-0.15, -0.1) is 0 Å². The average molecular weight is 411 g/mol. The van der Waals surface area contributed by atoms with Crippen molar-refractivity contribution >= 4 is 33.7 Å². The van der Waals surface area contributed by atoms with Crippen LogP contribution in [-0.4, -0.2) is 31.0 Å². The van der Waals surface area contributed by atoms with Gasteiger partial charge in [-0.05, 0) is 36.1 Å². The summed E-state index contributed by atoms with van der Waals surface area (Å²) in [7, 11) is 0. The summed E-state index contributed by atoms with van der Waals surface area (Å²) in [5, 5.41) is 4.97. The summed E-state index contributed by atoms with van der Waals surface area (Å²) in [4.78, 5) is 29.1. The average Bonchev–Trinajstić information content (AvgIpc) is 3.23. The molecule has 3 heterocycles. The zero-order chi connectivity index (χ0) is 21.4. The number of rotatable bonds is 5. The molecule has 2 aromatic carbocycles. The van der Waals surface area contributed by atoms with Crippen molar-refractivity contribution in [3.05, 3.63) is 82.5 Å². The van der Waals surface area contributed by atoms with Gasteiger partial charge in [0.15, 0.2) is 11.5 Å². The van der Waals surface area contributed by atoms with E-state index < -0.39 is 0 Å². The second-order valence-electron chi connectivity index (χ2n) is 7.36. The Morgan fingerprint density at radius 2 is 1.94 bits per heavy atom. The lowest BCUT2D eigenvalue weighted by Crippen LogP contribution is -2.24. The highest BCUT2D eigenvalue weighted by molar-refractivity contribution is 5.86. The molecule has 8 heteroatoms. The van der Waals surface area contributed by atoms with Crippen LogP contribution < -0.4 is 16.6 Å². The zero-order valence-electron chi connectivity index (χ0n) is 17.0. The SMILES string of the molecule is Cc1cccc2cc(CCNc3nc(N)nc4[nH]cnc34)n(-c3ccccc3)c(=O)c12. The number of fused-ring (bicyclic) bond motifs is 2. The highest BCUT2D eigenvalue weighted by Crippen LogP contribution is 2.20. The van der Waals surface area contributed by atoms with E-state index in [2.05, 4.69) is 31.3 Å². The summed E-state index contributed by atoms with van der Waals surface area (Å²) in [6.07, 6.45) is 2.16. The fourth-order valence-electron chi connectivity index (χ4n) is 3.92. The molecule has 3 aromatic heterocycles. The maximum atomic E-state index is 13.5. The minimum absolute atomic E-state index is 0.0160. The van der Waals surface area contributed by atoms with Crippen LogP contribution in [0.2, 0.25) is 0 Å². The molecule has 0 aliphatic carbocycles. The number of aromatic nitrogens is 5. The number of para-hydroxylation sites is 1. The molecule has 0 radical (unpaired) electrons. The van der Waals surface area contributed by atoms with E-state index in [9.17, 15) is 4.79 Å². The second kappa shape index (κ2) is 7.56. The molecule has 0 saturated carbocycles. The number of hydrogen-bond donors (Lipinski definition) is 3. The number of anilines is 2. The van der Waals surface area contributed by atoms with Gasteiger partial charge in [0, 0.05) is 24.3 Å². The van der Waals surface area contributed by atoms with Crippen molar-refractivity contribution < 1.29 is 0 Å². The first kappa shape index (κ1) is 18.8. The minimum Gasteiger partial charge on any atom is -0.368 e. The fraction of sp³-hybridized carbons (Fsp3) is 0.130. The Morgan fingerprint density at radius 1 is 1.10 bits per heavy atom. The van der Waals surface area contributed by atoms with Crippen LogP contribution in [0.3, 0.4) is 0 Å². The Balaban J connectivity index is 1.54. The lowest BCUT2D eigenvalue weighted by Gasteiger charge is -2.16. The van der Waals surface area contributed by atoms with Crippen LogP contribution in [0, 0.1) is 6.92 Å². The molecule has 0 aliphatic rings. The van der Waals surface area contributed by atoms with Gasteiger partial charge < -0.3 is 16.0 Å². The number of aryl methyl sites for hydroxylation is 1. The maximum absolute atomic E-state index is 13.5. The van der Waals surface area contributed by atoms with Gasteiger partial charge in [-0.1, -0.05) is 36.4 Å². The van der Waals surface area contributed by atoms with Gasteiger partial charge in [-0.3, -0.25) is 9.36 Å². The number of imidazole rings is 1. The first-order valence-electron chi connectivity index (χ1n) is 10.0. The van der Waals surface area contributed by atoms with Crippen molar-refractivity contribution in [1.82, 2.24) is 24.5 Å². The summed E-state index contributed by atoms with van der Waals surface area (Å²) in [6, 6.07) is 17.7. The van der Waals surface area contributed by atoms with Gasteiger partial charge in [0.25, 0.3) is 5.56 Å². The topological polar surface area (TPSA) is 115 Å². The summed E-state index contributed by atoms with van der Waals surface area (Å²) >= 11 is 0. The van der Waals surface area contributed by atoms with Crippen molar-refractivity contribution in [2.24, 2.45) is 0 Å². The fourth-order valence-corrected chi connectivity index (χ4v) is 3.92. The van der Waals surface area contributed by atoms with E-state index >= 15 is 0 Å². The lowest BCUT2D eigenvalue weighted by molar-refractivity contribution is 0.859. The molecule has 0 unspecified atom stereocenters. The third-order valence-electron chi connectivity index (χ3n) is 5.32. The molecule has 4 N–H and O–H groups in total. The largest absolute Gasteiger partial charge is 0.368 e. The number of nitrogens with one attached hydrogen (secondary N) is 2. The third-order valence-corrected chi connectivity index (χ3v) is 5.32. The summed E-state index contributed by atoms with van der Waals surface area (Å²) in [5.41, 5.74) is 9.71. The Kier molecular flexibility index (Phi) is 4.59. The van der Waals surface area contributed by atoms with Crippen molar-refractivity contribution in [3.8, 4) is 5.69 Å². The number of nitrogen functional groups attached to an aromatic ring is 1. The molecule has 5 aromatic rings. The van der Waals surface area contributed by atoms with E-state index in [1.807, 2.05) is 55.5 Å². The van der Waals surface area contributed by atoms with Gasteiger partial charge in [0.2, 0.25) is 5.95 Å². The van der Waals surface area contributed by atoms with Crippen LogP contribution in [0.15, 0.2) is 65.7 Å². The number of nitrogens with zero attached hydrogens (tertiary/aromatic N) is 4. The predicted octanol–water partition coefficient (Wildman–Crippen LogP) is 3.20. The van der Waals surface area contributed by atoms with Crippen molar-refractivity contribution in [1.29, 1.82) is 0 Å². The van der Waals surface area contributed by atoms with E-state index in [-0.39, 0.29) is 11.5 Å². The molecule has 0 aliphatic heterocycles. The molecule has 0 fully saturated rings. The molecule has 0 atom stereocenters. The number of benzene rings is 2. The Morgan fingerprint density at radius 3 is 2.77 bits per heavy atom. The monoisotopic (exact) mass is 411 g/mol. The van der Waals surface area contributed by atoms with Gasteiger partial charge in [0.05, 0.1) is 11.7 Å². The predicted molar refractivity (Wildman–Crippen MR) is 123 cm³/mol. The van der Waals surface area contributed by atoms with Crippen molar-refractivity contribution in [3.63, 3.8) is 0 Å². The molecule has 154 valence electrons. The van der Waals surface area contributed by atoms with Gasteiger partial charge >= 0.3 is 0 Å². The number of nitrogens with two attached hydrogens (primary N) is 1. The summed E-state index contributed by atoms with van der Waals surface area (Å²) < 4.78 is 1.79. The first-order valence-corrected chi connectivity index (χ1v) is 10.0. The van der Waals surface area contributed by atoms with Crippen LogP contribution in [0.5, 0.6) is 0 Å². The van der Waals surface area contributed by atoms with Crippen LogP contribution in [0.4, 0.5) is 11.8 Å². The lowest BCUT2D eigenvalue weighted by atomic mass is 10.0. The maximum Gasteiger partial charge on any atom is 0.263 e. The number of hydrogen-bond acceptors (Lipinski definition) is 6. The molecular formula is C23H21N7O. The highest BCUT2D eigenvalue weighted by Gasteiger charge is 2.13. The standard InChI is InChI=1S/C23H21N7O/c1-14-6-5-7-15-12-17(30(22(31)18(14)15)16-8-3-2-4-9-16)10-11-25-20-19-21(27-13-26-19)29-23(24)28-20/h2-9,12-13H,10-11H2,1H3,(H4,24,25,26,27,28,29). The summed E-state index contributed by atoms with van der Waals surface area (Å²) in [5.74, 6) is 0.732. The van der Waals surface area contributed by atoms with Crippen molar-refractivity contribution in [2.75, 3.05) is 17.6 Å². The minimum atomic E-state index is -0.0160. The van der Waals surface area contributed by atoms with E-state index in [4.69, 9.17) is 5.73 Å². The second-order valence-corrected chi connectivity index (χ2v) is 7.36. The van der Waals surface area contributed by atoms with Crippen LogP contribution in [-0.2, 0) is 6.42 Å². The molecular weight excluding hydrogens is 390 g/mol. The molecule has 0 saturated heterocycles. The van der Waals surface area contributed by atoms with E-state index in [1.54, 1.807) is 10.9 Å². The zero-order valence-corrected chi connectivity index (χ0v) is 17.0. The highest BCUT2D eigenvalue weighted by atomic mass is 16.1. The molecule has 8 nitrogen and oxygen atoms in total. The van der Waals surface area contributed by atoms with E-state index in [1.165, 1.54) is 0 Å². The van der Waals surface area contributed by atoms with Gasteiger partial charge in [-0.25, -0.2) is 4.98 Å². The summed E-state index contributed by atoms with van der Waals surface area (Å²) in [6.45, 7) is 2.51. The number of aromatic amines is 1. The van der Waals surface area contributed by atoms with E-state index in [0.717, 1.165) is 27.7 Å². The number of H-pyrrole nitrogens is 1. The van der Waals surface area contributed by atoms with Crippen molar-refractivity contribution in [2.45, 2.75) is 13.3 Å². The smallest absolute Gasteiger partial charge is 0.263 e. The van der Waals surface area contributed by atoms with Gasteiger partial charge in [-0.2, -0.15) is 9.97 Å². The molecule has 31 heavy (non-hydrogen) atoms. The molecule has 5 rings (SSSR count). The van der Waals surface area contributed by atoms with Crippen LogP contribution in [0.1, 0.15) is 11.3 Å². The van der Waals surface area contributed by atoms with E-state index in [0.29, 0.717) is 29.9 Å². The Bertz CT molecular complexity index is 1450. The number of pyridine rings is 1. The van der Waals surface area contributed by atoms with Crippen LogP contribution >= 0.6 is 0 Å². The third kappa shape index (κ3) is 3.38. The van der Waals surface area contributed by atoms with Gasteiger partial charge in [0.1, 0.15) is 5.52 Å². The first-order chi connectivity index (χ1) is 15.1. The normalized spacial score (nSPS) is 11.3. The van der Waals surface area contributed by atoms with Crippen LogP contribution in [0.25, 0.3) is 27.6 Å². The Labute approximate surface area is 177 Å². The molecule has 0 spiro atoms.